The van der Waals surface area contributed by atoms with Crippen LogP contribution < -0.4 is 5.32 Å². The van der Waals surface area contributed by atoms with Gasteiger partial charge in [0.25, 0.3) is 11.8 Å². The van der Waals surface area contributed by atoms with Gasteiger partial charge in [-0.2, -0.15) is 0 Å². The molecule has 41 heavy (non-hydrogen) atoms. The third-order valence-electron chi connectivity index (χ3n) is 7.05. The Labute approximate surface area is 240 Å². The number of nitrogens with zero attached hydrogens (tertiary/aromatic N) is 1. The Kier molecular flexibility index (Phi) is 10.0. The first kappa shape index (κ1) is 29.2. The second-order valence-corrected chi connectivity index (χ2v) is 9.92. The Hall–Kier alpha value is -4.75. The zero-order valence-corrected chi connectivity index (χ0v) is 22.9. The molecule has 0 radical (unpaired) electrons. The van der Waals surface area contributed by atoms with Gasteiger partial charge in [0.05, 0.1) is 19.1 Å². The fourth-order valence-electron chi connectivity index (χ4n) is 4.87. The predicted octanol–water partition coefficient (Wildman–Crippen LogP) is 5.54. The molecule has 7 heteroatoms. The van der Waals surface area contributed by atoms with E-state index in [9.17, 15) is 24.6 Å². The van der Waals surface area contributed by atoms with E-state index in [4.69, 9.17) is 0 Å². The number of carbonyl (C=O) groups is 3. The standard InChI is InChI=1S/C34H34N2O5/c1-24(25-12-4-2-5-13-25)22-36(21-20-32(38)39)34(41)30-19-11-9-17-28(30)27-16-8-10-18-29(27)33(40)35-31(23-37)26-14-6-3-7-15-26/h2-19,24,31,37H,20-23H2,1H3,(H,35,40)(H,38,39)/t24?,31-/m0/s1. The molecule has 0 saturated heterocycles. The highest BCUT2D eigenvalue weighted by Crippen LogP contribution is 2.29. The van der Waals surface area contributed by atoms with Gasteiger partial charge < -0.3 is 20.4 Å². The third kappa shape index (κ3) is 7.47. The number of rotatable bonds is 12. The van der Waals surface area contributed by atoms with E-state index in [1.807, 2.05) is 67.6 Å². The molecule has 2 atom stereocenters. The smallest absolute Gasteiger partial charge is 0.305 e. The van der Waals surface area contributed by atoms with E-state index in [0.717, 1.165) is 11.1 Å². The van der Waals surface area contributed by atoms with E-state index in [1.165, 1.54) is 0 Å². The molecule has 0 aromatic heterocycles. The van der Waals surface area contributed by atoms with Crippen LogP contribution in [0.25, 0.3) is 11.1 Å². The Morgan fingerprint density at radius 2 is 1.24 bits per heavy atom. The molecule has 0 spiro atoms. The van der Waals surface area contributed by atoms with E-state index in [0.29, 0.717) is 28.8 Å². The molecular formula is C34H34N2O5. The molecule has 4 aromatic carbocycles. The molecule has 210 valence electrons. The summed E-state index contributed by atoms with van der Waals surface area (Å²) >= 11 is 0. The Morgan fingerprint density at radius 3 is 1.83 bits per heavy atom. The Morgan fingerprint density at radius 1 is 0.732 bits per heavy atom. The van der Waals surface area contributed by atoms with Crippen molar-refractivity contribution in [2.24, 2.45) is 0 Å². The van der Waals surface area contributed by atoms with Gasteiger partial charge in [-0.15, -0.1) is 0 Å². The lowest BCUT2D eigenvalue weighted by atomic mass is 9.93. The van der Waals surface area contributed by atoms with Gasteiger partial charge in [-0.25, -0.2) is 0 Å². The fraction of sp³-hybridized carbons (Fsp3) is 0.206. The van der Waals surface area contributed by atoms with Crippen LogP contribution in [0.2, 0.25) is 0 Å². The lowest BCUT2D eigenvalue weighted by Gasteiger charge is -2.27. The summed E-state index contributed by atoms with van der Waals surface area (Å²) < 4.78 is 0. The first-order valence-electron chi connectivity index (χ1n) is 13.6. The van der Waals surface area contributed by atoms with Crippen LogP contribution in [-0.4, -0.2) is 52.6 Å². The van der Waals surface area contributed by atoms with Crippen molar-refractivity contribution in [2.45, 2.75) is 25.3 Å². The van der Waals surface area contributed by atoms with Crippen molar-refractivity contribution in [1.82, 2.24) is 10.2 Å². The molecule has 1 unspecified atom stereocenters. The molecule has 0 aliphatic carbocycles. The number of hydrogen-bond acceptors (Lipinski definition) is 4. The predicted molar refractivity (Wildman–Crippen MR) is 159 cm³/mol. The van der Waals surface area contributed by atoms with Gasteiger partial charge in [-0.3, -0.25) is 14.4 Å². The maximum absolute atomic E-state index is 14.0. The summed E-state index contributed by atoms with van der Waals surface area (Å²) in [6.45, 7) is 2.12. The van der Waals surface area contributed by atoms with E-state index in [1.54, 1.807) is 53.4 Å². The second kappa shape index (κ2) is 14.1. The van der Waals surface area contributed by atoms with Crippen LogP contribution in [0.5, 0.6) is 0 Å². The summed E-state index contributed by atoms with van der Waals surface area (Å²) in [6.07, 6.45) is -0.184. The van der Waals surface area contributed by atoms with Crippen LogP contribution in [0.15, 0.2) is 109 Å². The number of carboxylic acids is 1. The van der Waals surface area contributed by atoms with Crippen molar-refractivity contribution in [3.05, 3.63) is 131 Å². The van der Waals surface area contributed by atoms with Crippen molar-refractivity contribution in [2.75, 3.05) is 19.7 Å². The van der Waals surface area contributed by atoms with Gasteiger partial charge in [-0.05, 0) is 40.3 Å². The Balaban J connectivity index is 1.66. The molecule has 7 nitrogen and oxygen atoms in total. The molecule has 0 fully saturated rings. The number of aliphatic hydroxyl groups is 1. The van der Waals surface area contributed by atoms with E-state index in [-0.39, 0.29) is 37.3 Å². The number of benzene rings is 4. The van der Waals surface area contributed by atoms with E-state index in [2.05, 4.69) is 5.32 Å². The summed E-state index contributed by atoms with van der Waals surface area (Å²) in [5.41, 5.74) is 3.69. The molecule has 4 rings (SSSR count). The van der Waals surface area contributed by atoms with Crippen molar-refractivity contribution >= 4 is 17.8 Å². The van der Waals surface area contributed by atoms with Crippen LogP contribution in [0.1, 0.15) is 57.1 Å². The number of carbonyl (C=O) groups excluding carboxylic acids is 2. The monoisotopic (exact) mass is 550 g/mol. The molecule has 0 aliphatic rings. The van der Waals surface area contributed by atoms with Crippen LogP contribution >= 0.6 is 0 Å². The average Bonchev–Trinajstić information content (AvgIpc) is 3.02. The average molecular weight is 551 g/mol. The number of nitrogens with one attached hydrogen (secondary N) is 1. The van der Waals surface area contributed by atoms with Crippen LogP contribution in [0, 0.1) is 0 Å². The molecule has 2 amide bonds. The fourth-order valence-corrected chi connectivity index (χ4v) is 4.87. The van der Waals surface area contributed by atoms with Gasteiger partial charge in [0.1, 0.15) is 0 Å². The van der Waals surface area contributed by atoms with Gasteiger partial charge in [0.15, 0.2) is 0 Å². The SMILES string of the molecule is CC(CN(CCC(=O)O)C(=O)c1ccccc1-c1ccccc1C(=O)N[C@@H](CO)c1ccccc1)c1ccccc1. The molecule has 4 aromatic rings. The van der Waals surface area contributed by atoms with Crippen LogP contribution in [-0.2, 0) is 4.79 Å². The molecule has 0 saturated carbocycles. The largest absolute Gasteiger partial charge is 0.481 e. The minimum Gasteiger partial charge on any atom is -0.481 e. The molecular weight excluding hydrogens is 516 g/mol. The van der Waals surface area contributed by atoms with Crippen molar-refractivity contribution < 1.29 is 24.6 Å². The van der Waals surface area contributed by atoms with Crippen molar-refractivity contribution in [1.29, 1.82) is 0 Å². The second-order valence-electron chi connectivity index (χ2n) is 9.92. The van der Waals surface area contributed by atoms with Gasteiger partial charge in [0.2, 0.25) is 0 Å². The summed E-state index contributed by atoms with van der Waals surface area (Å²) in [4.78, 5) is 40.5. The van der Waals surface area contributed by atoms with E-state index < -0.39 is 12.0 Å². The van der Waals surface area contributed by atoms with E-state index >= 15 is 0 Å². The highest BCUT2D eigenvalue weighted by molar-refractivity contribution is 6.06. The van der Waals surface area contributed by atoms with Crippen molar-refractivity contribution in [3.63, 3.8) is 0 Å². The highest BCUT2D eigenvalue weighted by atomic mass is 16.4. The number of hydrogen-bond donors (Lipinski definition) is 3. The molecule has 0 aliphatic heterocycles. The van der Waals surface area contributed by atoms with Gasteiger partial charge >= 0.3 is 5.97 Å². The number of aliphatic hydroxyl groups excluding tert-OH is 1. The number of amides is 2. The first-order valence-corrected chi connectivity index (χ1v) is 13.6. The first-order chi connectivity index (χ1) is 19.9. The summed E-state index contributed by atoms with van der Waals surface area (Å²) in [6, 6.07) is 32.5. The normalized spacial score (nSPS) is 12.2. The zero-order chi connectivity index (χ0) is 29.2. The lowest BCUT2D eigenvalue weighted by molar-refractivity contribution is -0.137. The minimum atomic E-state index is -0.984. The van der Waals surface area contributed by atoms with Crippen LogP contribution in [0.4, 0.5) is 0 Å². The third-order valence-corrected chi connectivity index (χ3v) is 7.05. The number of carboxylic acid groups (broad SMARTS) is 1. The number of aliphatic carboxylic acids is 1. The molecule has 0 heterocycles. The van der Waals surface area contributed by atoms with Gasteiger partial charge in [0, 0.05) is 24.2 Å². The van der Waals surface area contributed by atoms with Crippen molar-refractivity contribution in [3.8, 4) is 11.1 Å². The molecule has 3 N–H and O–H groups in total. The molecule has 0 bridgehead atoms. The summed E-state index contributed by atoms with van der Waals surface area (Å²) in [7, 11) is 0. The quantitative estimate of drug-likeness (QED) is 0.215. The lowest BCUT2D eigenvalue weighted by Crippen LogP contribution is -2.36. The maximum Gasteiger partial charge on any atom is 0.305 e. The minimum absolute atomic E-state index is 0.0208. The van der Waals surface area contributed by atoms with Gasteiger partial charge in [-0.1, -0.05) is 104 Å². The summed E-state index contributed by atoms with van der Waals surface area (Å²) in [5, 5.41) is 22.3. The van der Waals surface area contributed by atoms with Crippen LogP contribution in [0.3, 0.4) is 0 Å². The Bertz CT molecular complexity index is 1470. The topological polar surface area (TPSA) is 107 Å². The maximum atomic E-state index is 14.0. The summed E-state index contributed by atoms with van der Waals surface area (Å²) in [5.74, 6) is -1.70. The highest BCUT2D eigenvalue weighted by Gasteiger charge is 2.25. The zero-order valence-electron chi connectivity index (χ0n) is 22.9.